The molecule has 1 aliphatic heterocycles. The van der Waals surface area contributed by atoms with Gasteiger partial charge in [0.2, 0.25) is 0 Å². The van der Waals surface area contributed by atoms with Crippen molar-refractivity contribution in [2.24, 2.45) is 5.92 Å². The second-order valence-corrected chi connectivity index (χ2v) is 7.06. The maximum Gasteiger partial charge on any atom is 0.309 e. The highest BCUT2D eigenvalue weighted by molar-refractivity contribution is 6.30. The number of aromatic nitrogens is 5. The molecule has 1 aromatic carbocycles. The van der Waals surface area contributed by atoms with E-state index in [4.69, 9.17) is 16.3 Å². The van der Waals surface area contributed by atoms with Crippen molar-refractivity contribution in [2.45, 2.75) is 12.6 Å². The van der Waals surface area contributed by atoms with Gasteiger partial charge < -0.3 is 20.5 Å². The van der Waals surface area contributed by atoms with Crippen molar-refractivity contribution >= 4 is 30.0 Å². The molecule has 0 spiro atoms. The summed E-state index contributed by atoms with van der Waals surface area (Å²) in [6.07, 6.45) is 1.30. The lowest BCUT2D eigenvalue weighted by atomic mass is 10.0. The van der Waals surface area contributed by atoms with Gasteiger partial charge in [-0.25, -0.2) is 9.37 Å². The Labute approximate surface area is 187 Å². The maximum absolute atomic E-state index is 13.8. The molecule has 31 heavy (non-hydrogen) atoms. The van der Waals surface area contributed by atoms with Gasteiger partial charge in [-0.1, -0.05) is 11.6 Å². The van der Waals surface area contributed by atoms with Crippen LogP contribution in [-0.4, -0.2) is 55.4 Å². The fourth-order valence-electron chi connectivity index (χ4n) is 3.03. The second kappa shape index (κ2) is 9.96. The van der Waals surface area contributed by atoms with E-state index in [0.717, 1.165) is 6.07 Å². The number of carbonyl (C=O) groups is 1. The van der Waals surface area contributed by atoms with Gasteiger partial charge in [-0.2, -0.15) is 0 Å². The Kier molecular flexibility index (Phi) is 7.33. The quantitative estimate of drug-likeness (QED) is 0.474. The molecular formula is C18H18Cl2FN7O3. The van der Waals surface area contributed by atoms with Crippen LogP contribution >= 0.6 is 24.0 Å². The van der Waals surface area contributed by atoms with Crippen molar-refractivity contribution in [1.82, 2.24) is 35.8 Å². The van der Waals surface area contributed by atoms with Crippen LogP contribution in [0.2, 0.25) is 5.02 Å². The summed E-state index contributed by atoms with van der Waals surface area (Å²) >= 11 is 5.68. The first-order valence-corrected chi connectivity index (χ1v) is 9.42. The monoisotopic (exact) mass is 469 g/mol. The summed E-state index contributed by atoms with van der Waals surface area (Å²) in [5, 5.41) is 27.8. The third kappa shape index (κ3) is 5.44. The van der Waals surface area contributed by atoms with Crippen molar-refractivity contribution in [3.8, 4) is 17.3 Å². The third-order valence-corrected chi connectivity index (χ3v) is 4.77. The van der Waals surface area contributed by atoms with Crippen molar-refractivity contribution in [1.29, 1.82) is 0 Å². The molecule has 10 nitrogen and oxygen atoms in total. The van der Waals surface area contributed by atoms with Gasteiger partial charge in [-0.05, 0) is 35.5 Å². The van der Waals surface area contributed by atoms with Crippen molar-refractivity contribution in [3.05, 3.63) is 53.2 Å². The highest BCUT2D eigenvalue weighted by Crippen LogP contribution is 2.24. The molecule has 3 N–H and O–H groups in total. The Hall–Kier alpha value is -2.86. The molecule has 3 aromatic rings. The lowest BCUT2D eigenvalue weighted by molar-refractivity contribution is -0.141. The number of nitrogens with one attached hydrogen (secondary N) is 2. The van der Waals surface area contributed by atoms with Crippen LogP contribution in [0.25, 0.3) is 5.69 Å². The third-order valence-electron chi connectivity index (χ3n) is 4.57. The number of carboxylic acids is 1. The molecule has 164 valence electrons. The number of carboxylic acid groups (broad SMARTS) is 1. The number of tetrazole rings is 1. The first-order chi connectivity index (χ1) is 14.5. The minimum absolute atomic E-state index is 0. The first-order valence-electron chi connectivity index (χ1n) is 9.05. The number of benzene rings is 1. The predicted octanol–water partition coefficient (Wildman–Crippen LogP) is 1.83. The fraction of sp³-hybridized carbons (Fsp3) is 0.278. The molecule has 0 radical (unpaired) electrons. The summed E-state index contributed by atoms with van der Waals surface area (Å²) in [7, 11) is 0. The Morgan fingerprint density at radius 1 is 1.35 bits per heavy atom. The summed E-state index contributed by atoms with van der Waals surface area (Å²) in [4.78, 5) is 16.4. The van der Waals surface area contributed by atoms with Gasteiger partial charge in [0.15, 0.2) is 11.6 Å². The van der Waals surface area contributed by atoms with Crippen LogP contribution in [-0.2, 0) is 11.3 Å². The number of ether oxygens (including phenoxy) is 1. The van der Waals surface area contributed by atoms with E-state index in [9.17, 15) is 14.3 Å². The highest BCUT2D eigenvalue weighted by atomic mass is 35.5. The summed E-state index contributed by atoms with van der Waals surface area (Å²) in [6.45, 7) is 1.28. The van der Waals surface area contributed by atoms with E-state index in [-0.39, 0.29) is 29.4 Å². The van der Waals surface area contributed by atoms with Gasteiger partial charge >= 0.3 is 5.97 Å². The summed E-state index contributed by atoms with van der Waals surface area (Å²) in [5.74, 6) is -1.37. The normalized spacial score (nSPS) is 17.9. The van der Waals surface area contributed by atoms with Crippen molar-refractivity contribution in [3.63, 3.8) is 0 Å². The largest absolute Gasteiger partial charge is 0.481 e. The Bertz CT molecular complexity index is 1050. The zero-order valence-electron chi connectivity index (χ0n) is 15.9. The van der Waals surface area contributed by atoms with Gasteiger partial charge in [0, 0.05) is 25.3 Å². The molecule has 13 heteroatoms. The van der Waals surface area contributed by atoms with Crippen LogP contribution < -0.4 is 15.4 Å². The van der Waals surface area contributed by atoms with Crippen LogP contribution in [0.4, 0.5) is 4.39 Å². The lowest BCUT2D eigenvalue weighted by Gasteiger charge is -2.14. The van der Waals surface area contributed by atoms with E-state index in [1.54, 1.807) is 24.3 Å². The molecule has 3 heterocycles. The van der Waals surface area contributed by atoms with Crippen molar-refractivity contribution in [2.75, 3.05) is 13.1 Å². The van der Waals surface area contributed by atoms with E-state index in [2.05, 4.69) is 31.0 Å². The zero-order valence-corrected chi connectivity index (χ0v) is 17.5. The van der Waals surface area contributed by atoms with Crippen LogP contribution in [0.15, 0.2) is 36.5 Å². The molecule has 2 atom stereocenters. The number of hydrogen-bond acceptors (Lipinski definition) is 8. The minimum Gasteiger partial charge on any atom is -0.481 e. The SMILES string of the molecule is Cl.O=C(O)[C@H]1CNC[C@H]1NCc1nnn(-c2ccc(Oc3ncc(Cl)cc3F)cc2)n1. The molecular weight excluding hydrogens is 452 g/mol. The zero-order chi connectivity index (χ0) is 21.1. The number of hydrogen-bond donors (Lipinski definition) is 3. The summed E-state index contributed by atoms with van der Waals surface area (Å²) in [5.41, 5.74) is 0.622. The van der Waals surface area contributed by atoms with Gasteiger partial charge in [0.25, 0.3) is 5.88 Å². The fourth-order valence-corrected chi connectivity index (χ4v) is 3.18. The van der Waals surface area contributed by atoms with Gasteiger partial charge in [-0.3, -0.25) is 4.79 Å². The molecule has 1 saturated heterocycles. The average Bonchev–Trinajstić information content (AvgIpc) is 3.38. The van der Waals surface area contributed by atoms with E-state index in [0.29, 0.717) is 36.9 Å². The highest BCUT2D eigenvalue weighted by Gasteiger charge is 2.32. The summed E-state index contributed by atoms with van der Waals surface area (Å²) < 4.78 is 19.2. The average molecular weight is 470 g/mol. The molecule has 0 saturated carbocycles. The van der Waals surface area contributed by atoms with E-state index in [1.165, 1.54) is 11.0 Å². The minimum atomic E-state index is -0.842. The lowest BCUT2D eigenvalue weighted by Crippen LogP contribution is -2.39. The Morgan fingerprint density at radius 3 is 2.84 bits per heavy atom. The predicted molar refractivity (Wildman–Crippen MR) is 110 cm³/mol. The number of rotatable bonds is 7. The van der Waals surface area contributed by atoms with Gasteiger partial charge in [0.05, 0.1) is 23.2 Å². The molecule has 4 rings (SSSR count). The smallest absolute Gasteiger partial charge is 0.309 e. The van der Waals surface area contributed by atoms with Gasteiger partial charge in [0.1, 0.15) is 5.75 Å². The summed E-state index contributed by atoms with van der Waals surface area (Å²) in [6, 6.07) is 7.52. The van der Waals surface area contributed by atoms with Crippen LogP contribution in [0.5, 0.6) is 11.6 Å². The Morgan fingerprint density at radius 2 is 2.13 bits per heavy atom. The number of halogens is 3. The van der Waals surface area contributed by atoms with E-state index >= 15 is 0 Å². The molecule has 1 fully saturated rings. The number of nitrogens with zero attached hydrogens (tertiary/aromatic N) is 5. The number of aliphatic carboxylic acids is 1. The molecule has 0 unspecified atom stereocenters. The topological polar surface area (TPSA) is 127 Å². The van der Waals surface area contributed by atoms with Gasteiger partial charge in [-0.15, -0.1) is 27.4 Å². The van der Waals surface area contributed by atoms with E-state index < -0.39 is 17.7 Å². The van der Waals surface area contributed by atoms with Crippen LogP contribution in [0.3, 0.4) is 0 Å². The second-order valence-electron chi connectivity index (χ2n) is 6.62. The standard InChI is InChI=1S/C18H17ClFN7O3.ClH/c19-10-5-14(20)17(23-6-10)30-12-3-1-11(2-4-12)27-25-16(24-26-27)9-22-15-8-21-7-13(15)18(28)29;/h1-6,13,15,21-22H,7-9H2,(H,28,29);1H/t13-,15+;/m0./s1. The first kappa shape index (κ1) is 22.8. The van der Waals surface area contributed by atoms with Crippen LogP contribution in [0, 0.1) is 11.7 Å². The number of pyridine rings is 1. The molecule has 1 aliphatic rings. The molecule has 2 aromatic heterocycles. The van der Waals surface area contributed by atoms with E-state index in [1.807, 2.05) is 0 Å². The van der Waals surface area contributed by atoms with Crippen LogP contribution in [0.1, 0.15) is 5.82 Å². The molecule has 0 aliphatic carbocycles. The Balaban J connectivity index is 0.00000272. The molecule has 0 bridgehead atoms. The molecule has 0 amide bonds. The van der Waals surface area contributed by atoms with Crippen molar-refractivity contribution < 1.29 is 19.0 Å². The maximum atomic E-state index is 13.8.